The number of amides is 1. The summed E-state index contributed by atoms with van der Waals surface area (Å²) in [4.78, 5) is 25.0. The molecule has 2 aromatic rings. The second-order valence-electron chi connectivity index (χ2n) is 3.79. The van der Waals surface area contributed by atoms with Crippen LogP contribution in [0.3, 0.4) is 0 Å². The molecule has 4 heteroatoms. The van der Waals surface area contributed by atoms with Gasteiger partial charge in [-0.25, -0.2) is 0 Å². The number of rotatable bonds is 4. The third kappa shape index (κ3) is 2.20. The molecule has 4 nitrogen and oxygen atoms in total. The van der Waals surface area contributed by atoms with Crippen molar-refractivity contribution in [1.82, 2.24) is 10.3 Å². The lowest BCUT2D eigenvalue weighted by Crippen LogP contribution is -2.25. The van der Waals surface area contributed by atoms with Gasteiger partial charge in [-0.2, -0.15) is 0 Å². The molecule has 0 atom stereocenters. The van der Waals surface area contributed by atoms with E-state index in [1.807, 2.05) is 18.2 Å². The molecule has 0 aliphatic carbocycles. The number of aryl methyl sites for hydroxylation is 1. The van der Waals surface area contributed by atoms with E-state index in [1.54, 1.807) is 6.07 Å². The maximum absolute atomic E-state index is 11.7. The van der Waals surface area contributed by atoms with Crippen molar-refractivity contribution in [3.8, 4) is 0 Å². The van der Waals surface area contributed by atoms with Crippen molar-refractivity contribution >= 4 is 23.1 Å². The number of fused-ring (bicyclic) bond motifs is 1. The number of aromatic nitrogens is 1. The Labute approximate surface area is 99.0 Å². The molecule has 1 aromatic carbocycles. The number of benzene rings is 1. The van der Waals surface area contributed by atoms with E-state index in [4.69, 9.17) is 0 Å². The van der Waals surface area contributed by atoms with E-state index in [9.17, 15) is 9.59 Å². The summed E-state index contributed by atoms with van der Waals surface area (Å²) < 4.78 is 0. The first-order valence-electron chi connectivity index (χ1n) is 5.58. The highest BCUT2D eigenvalue weighted by Gasteiger charge is 2.10. The summed E-state index contributed by atoms with van der Waals surface area (Å²) in [5.41, 5.74) is 2.66. The Kier molecular flexibility index (Phi) is 3.23. The average Bonchev–Trinajstić information content (AvgIpc) is 2.79. The van der Waals surface area contributed by atoms with Crippen LogP contribution in [0, 0.1) is 0 Å². The van der Waals surface area contributed by atoms with E-state index < -0.39 is 0 Å². The maximum Gasteiger partial charge on any atom is 0.268 e. The summed E-state index contributed by atoms with van der Waals surface area (Å²) in [7, 11) is 0. The van der Waals surface area contributed by atoms with Crippen LogP contribution in [0.5, 0.6) is 0 Å². The molecule has 0 fully saturated rings. The third-order valence-corrected chi connectivity index (χ3v) is 2.71. The summed E-state index contributed by atoms with van der Waals surface area (Å²) in [5, 5.41) is 3.52. The summed E-state index contributed by atoms with van der Waals surface area (Å²) in [6.45, 7) is 2.11. The Balaban J connectivity index is 2.37. The minimum Gasteiger partial charge on any atom is -0.350 e. The third-order valence-electron chi connectivity index (χ3n) is 2.71. The minimum absolute atomic E-state index is 0.0365. The molecule has 0 aliphatic rings. The first-order valence-corrected chi connectivity index (χ1v) is 5.58. The van der Waals surface area contributed by atoms with Gasteiger partial charge in [0.2, 0.25) is 0 Å². The van der Waals surface area contributed by atoms with Gasteiger partial charge >= 0.3 is 0 Å². The average molecular weight is 230 g/mol. The second-order valence-corrected chi connectivity index (χ2v) is 3.79. The molecule has 0 saturated heterocycles. The SMILES string of the molecule is CCc1cccc2cc(C(=O)NCC=O)[nH]c12. The van der Waals surface area contributed by atoms with E-state index in [0.29, 0.717) is 12.0 Å². The fourth-order valence-electron chi connectivity index (χ4n) is 1.87. The van der Waals surface area contributed by atoms with Crippen molar-refractivity contribution in [1.29, 1.82) is 0 Å². The molecule has 1 heterocycles. The molecule has 2 rings (SSSR count). The Morgan fingerprint density at radius 3 is 3.00 bits per heavy atom. The zero-order chi connectivity index (χ0) is 12.3. The smallest absolute Gasteiger partial charge is 0.268 e. The number of carbonyl (C=O) groups excluding carboxylic acids is 2. The fraction of sp³-hybridized carbons (Fsp3) is 0.231. The van der Waals surface area contributed by atoms with Crippen molar-refractivity contribution < 1.29 is 9.59 Å². The molecule has 0 aliphatic heterocycles. The first kappa shape index (κ1) is 11.4. The molecule has 0 radical (unpaired) electrons. The van der Waals surface area contributed by atoms with Gasteiger partial charge < -0.3 is 15.1 Å². The minimum atomic E-state index is -0.254. The largest absolute Gasteiger partial charge is 0.350 e. The summed E-state index contributed by atoms with van der Waals surface area (Å²) in [5.74, 6) is -0.254. The van der Waals surface area contributed by atoms with E-state index in [-0.39, 0.29) is 12.5 Å². The lowest BCUT2D eigenvalue weighted by Gasteiger charge is -1.98. The van der Waals surface area contributed by atoms with Gasteiger partial charge in [-0.15, -0.1) is 0 Å². The first-order chi connectivity index (χ1) is 8.26. The van der Waals surface area contributed by atoms with Gasteiger partial charge in [-0.3, -0.25) is 4.79 Å². The number of para-hydroxylation sites is 1. The number of aromatic amines is 1. The molecule has 0 bridgehead atoms. The van der Waals surface area contributed by atoms with Gasteiger partial charge in [0.15, 0.2) is 0 Å². The number of H-pyrrole nitrogens is 1. The second kappa shape index (κ2) is 4.82. The van der Waals surface area contributed by atoms with Gasteiger partial charge in [0.05, 0.1) is 6.54 Å². The Bertz CT molecular complexity index is 558. The zero-order valence-corrected chi connectivity index (χ0v) is 9.62. The topological polar surface area (TPSA) is 62.0 Å². The van der Waals surface area contributed by atoms with Crippen molar-refractivity contribution in [3.05, 3.63) is 35.5 Å². The molecular weight excluding hydrogens is 216 g/mol. The molecule has 1 amide bonds. The monoisotopic (exact) mass is 230 g/mol. The van der Waals surface area contributed by atoms with Gasteiger partial charge in [0.25, 0.3) is 5.91 Å². The fourth-order valence-corrected chi connectivity index (χ4v) is 1.87. The van der Waals surface area contributed by atoms with Gasteiger partial charge in [-0.05, 0) is 18.1 Å². The van der Waals surface area contributed by atoms with E-state index >= 15 is 0 Å². The van der Waals surface area contributed by atoms with Crippen molar-refractivity contribution in [2.24, 2.45) is 0 Å². The van der Waals surface area contributed by atoms with Crippen LogP contribution in [0.1, 0.15) is 23.0 Å². The highest BCUT2D eigenvalue weighted by Crippen LogP contribution is 2.19. The Hall–Kier alpha value is -2.10. The summed E-state index contributed by atoms with van der Waals surface area (Å²) in [6.07, 6.45) is 1.57. The van der Waals surface area contributed by atoms with E-state index in [0.717, 1.165) is 17.3 Å². The molecule has 17 heavy (non-hydrogen) atoms. The van der Waals surface area contributed by atoms with E-state index in [1.165, 1.54) is 5.56 Å². The van der Waals surface area contributed by atoms with Crippen molar-refractivity contribution in [2.45, 2.75) is 13.3 Å². The van der Waals surface area contributed by atoms with E-state index in [2.05, 4.69) is 17.2 Å². The molecular formula is C13H14N2O2. The Morgan fingerprint density at radius 2 is 2.29 bits per heavy atom. The number of nitrogens with one attached hydrogen (secondary N) is 2. The van der Waals surface area contributed by atoms with Crippen LogP contribution in [0.15, 0.2) is 24.3 Å². The highest BCUT2D eigenvalue weighted by atomic mass is 16.2. The van der Waals surface area contributed by atoms with Gasteiger partial charge in [-0.1, -0.05) is 25.1 Å². The number of aldehydes is 1. The van der Waals surface area contributed by atoms with Crippen molar-refractivity contribution in [2.75, 3.05) is 6.54 Å². The van der Waals surface area contributed by atoms with Crippen LogP contribution >= 0.6 is 0 Å². The predicted molar refractivity (Wildman–Crippen MR) is 66.1 cm³/mol. The standard InChI is InChI=1S/C13H14N2O2/c1-2-9-4-3-5-10-8-11(15-12(9)10)13(17)14-6-7-16/h3-5,7-8,15H,2,6H2,1H3,(H,14,17). The van der Waals surface area contributed by atoms with Crippen LogP contribution in [0.4, 0.5) is 0 Å². The van der Waals surface area contributed by atoms with Crippen LogP contribution < -0.4 is 5.32 Å². The lowest BCUT2D eigenvalue weighted by atomic mass is 10.1. The molecule has 0 unspecified atom stereocenters. The van der Waals surface area contributed by atoms with Gasteiger partial charge in [0, 0.05) is 10.9 Å². The molecule has 88 valence electrons. The molecule has 0 saturated carbocycles. The van der Waals surface area contributed by atoms with Crippen LogP contribution in [0.2, 0.25) is 0 Å². The lowest BCUT2D eigenvalue weighted by molar-refractivity contribution is -0.107. The van der Waals surface area contributed by atoms with Crippen molar-refractivity contribution in [3.63, 3.8) is 0 Å². The number of hydrogen-bond acceptors (Lipinski definition) is 2. The normalized spacial score (nSPS) is 10.4. The molecule has 2 N–H and O–H groups in total. The zero-order valence-electron chi connectivity index (χ0n) is 9.62. The molecule has 0 spiro atoms. The van der Waals surface area contributed by atoms with Gasteiger partial charge in [0.1, 0.15) is 12.0 Å². The van der Waals surface area contributed by atoms with Crippen LogP contribution in [-0.4, -0.2) is 23.7 Å². The molecule has 1 aromatic heterocycles. The van der Waals surface area contributed by atoms with Crippen LogP contribution in [0.25, 0.3) is 10.9 Å². The predicted octanol–water partition coefficient (Wildman–Crippen LogP) is 1.66. The number of carbonyl (C=O) groups is 2. The number of hydrogen-bond donors (Lipinski definition) is 2. The summed E-state index contributed by atoms with van der Waals surface area (Å²) >= 11 is 0. The maximum atomic E-state index is 11.7. The quantitative estimate of drug-likeness (QED) is 0.785. The highest BCUT2D eigenvalue weighted by molar-refractivity contribution is 5.99. The Morgan fingerprint density at radius 1 is 1.47 bits per heavy atom. The summed E-state index contributed by atoms with van der Waals surface area (Å²) in [6, 6.07) is 7.77. The van der Waals surface area contributed by atoms with Crippen LogP contribution in [-0.2, 0) is 11.2 Å².